The topological polar surface area (TPSA) is 91.8 Å². The number of hydrogen-bond donors (Lipinski definition) is 1. The fourth-order valence-electron chi connectivity index (χ4n) is 2.73. The van der Waals surface area contributed by atoms with Crippen LogP contribution in [0.5, 0.6) is 0 Å². The van der Waals surface area contributed by atoms with Gasteiger partial charge in [0.05, 0.1) is 16.7 Å². The van der Waals surface area contributed by atoms with Crippen molar-refractivity contribution in [3.05, 3.63) is 29.8 Å². The predicted octanol–water partition coefficient (Wildman–Crippen LogP) is 2.16. The Morgan fingerprint density at radius 3 is 2.40 bits per heavy atom. The van der Waals surface area contributed by atoms with Gasteiger partial charge in [0.15, 0.2) is 5.78 Å². The number of benzene rings is 1. The Morgan fingerprint density at radius 2 is 1.92 bits per heavy atom. The van der Waals surface area contributed by atoms with Crippen LogP contribution in [0.4, 0.5) is 13.2 Å². The van der Waals surface area contributed by atoms with Gasteiger partial charge in [0.1, 0.15) is 0 Å². The third-order valence-electron chi connectivity index (χ3n) is 4.14. The fourth-order valence-corrected chi connectivity index (χ4v) is 4.27. The van der Waals surface area contributed by atoms with Crippen LogP contribution in [0.1, 0.15) is 23.7 Å². The maximum Gasteiger partial charge on any atom is 0.393 e. The van der Waals surface area contributed by atoms with Gasteiger partial charge >= 0.3 is 12.1 Å². The van der Waals surface area contributed by atoms with E-state index in [1.54, 1.807) is 6.92 Å². The maximum absolute atomic E-state index is 13.0. The van der Waals surface area contributed by atoms with Crippen LogP contribution in [0, 0.1) is 11.8 Å². The predicted molar refractivity (Wildman–Crippen MR) is 80.5 cm³/mol. The molecule has 1 aromatic carbocycles. The number of carboxylic acids is 1. The van der Waals surface area contributed by atoms with Gasteiger partial charge in [0.2, 0.25) is 10.0 Å². The number of alkyl halides is 3. The molecule has 2 atom stereocenters. The van der Waals surface area contributed by atoms with E-state index in [1.807, 2.05) is 0 Å². The fraction of sp³-hybridized carbons (Fsp3) is 0.467. The molecule has 0 unspecified atom stereocenters. The number of aliphatic carboxylic acids is 1. The minimum absolute atomic E-state index is 0.130. The number of sulfonamides is 1. The van der Waals surface area contributed by atoms with Gasteiger partial charge in [-0.3, -0.25) is 9.59 Å². The number of Topliss-reactive ketones (excluding diaryl/α,β-unsaturated/α-hetero) is 1. The number of nitrogens with zero attached hydrogens (tertiary/aromatic N) is 1. The molecular formula is C15H16F3NO5S. The van der Waals surface area contributed by atoms with Crippen molar-refractivity contribution in [1.82, 2.24) is 4.31 Å². The molecule has 138 valence electrons. The van der Waals surface area contributed by atoms with Crippen LogP contribution >= 0.6 is 0 Å². The zero-order valence-corrected chi connectivity index (χ0v) is 14.0. The van der Waals surface area contributed by atoms with Crippen LogP contribution in [0.15, 0.2) is 29.2 Å². The highest BCUT2D eigenvalue weighted by molar-refractivity contribution is 7.89. The summed E-state index contributed by atoms with van der Waals surface area (Å²) in [7, 11) is -4.34. The molecule has 0 amide bonds. The summed E-state index contributed by atoms with van der Waals surface area (Å²) in [4.78, 5) is 22.5. The third-order valence-corrected chi connectivity index (χ3v) is 5.97. The molecule has 0 aromatic heterocycles. The lowest BCUT2D eigenvalue weighted by Gasteiger charge is -2.18. The van der Waals surface area contributed by atoms with Gasteiger partial charge in [0, 0.05) is 25.1 Å². The first-order valence-electron chi connectivity index (χ1n) is 7.41. The van der Waals surface area contributed by atoms with E-state index < -0.39 is 47.1 Å². The van der Waals surface area contributed by atoms with Gasteiger partial charge in [-0.05, 0) is 12.1 Å². The second-order valence-electron chi connectivity index (χ2n) is 5.72. The zero-order chi connectivity index (χ0) is 19.0. The van der Waals surface area contributed by atoms with Gasteiger partial charge in [-0.2, -0.15) is 17.5 Å². The smallest absolute Gasteiger partial charge is 0.393 e. The molecule has 1 aromatic rings. The lowest BCUT2D eigenvalue weighted by molar-refractivity contribution is -0.187. The van der Waals surface area contributed by atoms with Crippen LogP contribution in [0.3, 0.4) is 0 Å². The number of carbonyl (C=O) groups is 2. The van der Waals surface area contributed by atoms with Crippen LogP contribution in [0.2, 0.25) is 0 Å². The quantitative estimate of drug-likeness (QED) is 0.792. The Bertz CT molecular complexity index is 791. The molecule has 1 saturated heterocycles. The Kier molecular flexibility index (Phi) is 5.24. The summed E-state index contributed by atoms with van der Waals surface area (Å²) in [6, 6.07) is 4.99. The Hall–Kier alpha value is -1.94. The molecular weight excluding hydrogens is 363 g/mol. The molecule has 0 saturated carbocycles. The Labute approximate surface area is 142 Å². The largest absolute Gasteiger partial charge is 0.481 e. The highest BCUT2D eigenvalue weighted by Crippen LogP contribution is 2.39. The molecule has 25 heavy (non-hydrogen) atoms. The molecule has 1 heterocycles. The van der Waals surface area contributed by atoms with Crippen molar-refractivity contribution in [3.8, 4) is 0 Å². The molecule has 1 fully saturated rings. The summed E-state index contributed by atoms with van der Waals surface area (Å²) >= 11 is 0. The Balaban J connectivity index is 2.38. The second kappa shape index (κ2) is 6.75. The van der Waals surface area contributed by atoms with E-state index in [2.05, 4.69) is 0 Å². The van der Waals surface area contributed by atoms with E-state index in [1.165, 1.54) is 18.2 Å². The van der Waals surface area contributed by atoms with Crippen molar-refractivity contribution >= 4 is 21.8 Å². The molecule has 1 aliphatic rings. The van der Waals surface area contributed by atoms with E-state index in [9.17, 15) is 31.2 Å². The first-order valence-corrected chi connectivity index (χ1v) is 8.85. The minimum atomic E-state index is -4.83. The molecule has 0 bridgehead atoms. The van der Waals surface area contributed by atoms with Crippen molar-refractivity contribution in [2.75, 3.05) is 13.1 Å². The van der Waals surface area contributed by atoms with Gasteiger partial charge in [-0.1, -0.05) is 19.1 Å². The van der Waals surface area contributed by atoms with Crippen molar-refractivity contribution < 1.29 is 36.3 Å². The highest BCUT2D eigenvalue weighted by atomic mass is 32.2. The first-order chi connectivity index (χ1) is 11.5. The van der Waals surface area contributed by atoms with Gasteiger partial charge in [-0.15, -0.1) is 0 Å². The summed E-state index contributed by atoms with van der Waals surface area (Å²) < 4.78 is 64.8. The summed E-state index contributed by atoms with van der Waals surface area (Å²) in [6.45, 7) is -0.141. The minimum Gasteiger partial charge on any atom is -0.481 e. The highest BCUT2D eigenvalue weighted by Gasteiger charge is 2.54. The molecule has 6 nitrogen and oxygen atoms in total. The number of halogens is 3. The van der Waals surface area contributed by atoms with E-state index in [4.69, 9.17) is 5.11 Å². The molecule has 0 radical (unpaired) electrons. The molecule has 1 N–H and O–H groups in total. The molecule has 2 rings (SSSR count). The van der Waals surface area contributed by atoms with Crippen LogP contribution in [-0.2, 0) is 14.8 Å². The molecule has 0 aliphatic carbocycles. The van der Waals surface area contributed by atoms with E-state index in [0.29, 0.717) is 4.31 Å². The third kappa shape index (κ3) is 3.84. The normalized spacial score (nSPS) is 22.1. The van der Waals surface area contributed by atoms with Gasteiger partial charge in [-0.25, -0.2) is 8.42 Å². The number of ketones is 1. The number of hydrogen-bond acceptors (Lipinski definition) is 4. The SMILES string of the molecule is CCC(=O)c1cccc(S(=O)(=O)N2C[C@@H](C(F)(F)F)[C@H](C(=O)O)C2)c1. The van der Waals surface area contributed by atoms with E-state index >= 15 is 0 Å². The van der Waals surface area contributed by atoms with Crippen LogP contribution in [-0.4, -0.2) is 48.8 Å². The summed E-state index contributed by atoms with van der Waals surface area (Å²) in [5, 5.41) is 8.98. The van der Waals surface area contributed by atoms with Crippen molar-refractivity contribution in [2.45, 2.75) is 24.4 Å². The first kappa shape index (κ1) is 19.4. The van der Waals surface area contributed by atoms with Gasteiger partial charge in [0.25, 0.3) is 0 Å². The standard InChI is InChI=1S/C15H16F3NO5S/c1-2-13(20)9-4-3-5-10(6-9)25(23,24)19-7-11(14(21)22)12(8-19)15(16,17)18/h3-6,11-12H,2,7-8H2,1H3,(H,21,22)/t11-,12-/m1/s1. The average molecular weight is 379 g/mol. The summed E-state index contributed by atoms with van der Waals surface area (Å²) in [5.41, 5.74) is 0.130. The van der Waals surface area contributed by atoms with Crippen LogP contribution < -0.4 is 0 Å². The zero-order valence-electron chi connectivity index (χ0n) is 13.2. The number of rotatable bonds is 5. The van der Waals surface area contributed by atoms with Gasteiger partial charge < -0.3 is 5.11 Å². The van der Waals surface area contributed by atoms with E-state index in [-0.39, 0.29) is 22.7 Å². The molecule has 10 heteroatoms. The monoisotopic (exact) mass is 379 g/mol. The summed E-state index contributed by atoms with van der Waals surface area (Å²) in [5.74, 6) is -6.15. The van der Waals surface area contributed by atoms with Crippen molar-refractivity contribution in [1.29, 1.82) is 0 Å². The lowest BCUT2D eigenvalue weighted by Crippen LogP contribution is -2.34. The lowest BCUT2D eigenvalue weighted by atomic mass is 9.96. The summed E-state index contributed by atoms with van der Waals surface area (Å²) in [6.07, 6.45) is -4.68. The molecule has 0 spiro atoms. The van der Waals surface area contributed by atoms with E-state index in [0.717, 1.165) is 6.07 Å². The molecule has 1 aliphatic heterocycles. The van der Waals surface area contributed by atoms with Crippen molar-refractivity contribution in [3.63, 3.8) is 0 Å². The number of carbonyl (C=O) groups excluding carboxylic acids is 1. The Morgan fingerprint density at radius 1 is 1.28 bits per heavy atom. The maximum atomic E-state index is 13.0. The average Bonchev–Trinajstić information content (AvgIpc) is 3.01. The second-order valence-corrected chi connectivity index (χ2v) is 7.66. The number of carboxylic acid groups (broad SMARTS) is 1. The van der Waals surface area contributed by atoms with Crippen molar-refractivity contribution in [2.24, 2.45) is 11.8 Å². The van der Waals surface area contributed by atoms with Crippen LogP contribution in [0.25, 0.3) is 0 Å².